The van der Waals surface area contributed by atoms with Gasteiger partial charge in [-0.25, -0.2) is 0 Å². The van der Waals surface area contributed by atoms with E-state index in [1.165, 1.54) is 12.3 Å². The van der Waals surface area contributed by atoms with Crippen molar-refractivity contribution < 1.29 is 9.90 Å². The molecule has 0 spiro atoms. The molecule has 0 aliphatic heterocycles. The van der Waals surface area contributed by atoms with Crippen molar-refractivity contribution in [2.24, 2.45) is 0 Å². The van der Waals surface area contributed by atoms with E-state index in [-0.39, 0.29) is 23.7 Å². The molecule has 0 aliphatic carbocycles. The summed E-state index contributed by atoms with van der Waals surface area (Å²) < 4.78 is 0. The fraction of sp³-hybridized carbons (Fsp3) is 0.158. The lowest BCUT2D eigenvalue weighted by Gasteiger charge is -2.20. The Hall–Kier alpha value is -2.52. The van der Waals surface area contributed by atoms with Crippen molar-refractivity contribution in [3.8, 4) is 6.07 Å². The third-order valence-electron chi connectivity index (χ3n) is 3.47. The van der Waals surface area contributed by atoms with Gasteiger partial charge in [0.2, 0.25) is 0 Å². The summed E-state index contributed by atoms with van der Waals surface area (Å²) >= 11 is 11.9. The molecule has 0 fully saturated rings. The molecule has 2 aromatic carbocycles. The summed E-state index contributed by atoms with van der Waals surface area (Å²) in [5.74, 6) is -0.590. The van der Waals surface area contributed by atoms with E-state index in [0.717, 1.165) is 5.56 Å². The number of nitriles is 1. The van der Waals surface area contributed by atoms with E-state index in [1.807, 2.05) is 36.4 Å². The molecule has 7 heteroatoms. The summed E-state index contributed by atoms with van der Waals surface area (Å²) in [6.45, 7) is 0.642. The molecule has 0 radical (unpaired) electrons. The third kappa shape index (κ3) is 5.78. The second-order valence-corrected chi connectivity index (χ2v) is 6.26. The van der Waals surface area contributed by atoms with E-state index in [2.05, 4.69) is 5.32 Å². The van der Waals surface area contributed by atoms with Crippen LogP contribution >= 0.6 is 23.2 Å². The maximum Gasteiger partial charge on any atom is 0.267 e. The molecule has 134 valence electrons. The highest BCUT2D eigenvalue weighted by molar-refractivity contribution is 6.36. The van der Waals surface area contributed by atoms with Crippen LogP contribution in [-0.4, -0.2) is 29.1 Å². The van der Waals surface area contributed by atoms with Crippen LogP contribution in [0.3, 0.4) is 0 Å². The Kier molecular flexibility index (Phi) is 7.49. The van der Waals surface area contributed by atoms with Gasteiger partial charge in [-0.1, -0.05) is 53.5 Å². The van der Waals surface area contributed by atoms with Gasteiger partial charge in [-0.15, -0.1) is 0 Å². The summed E-state index contributed by atoms with van der Waals surface area (Å²) in [4.78, 5) is 14.1. The van der Waals surface area contributed by atoms with Gasteiger partial charge in [-0.2, -0.15) is 5.26 Å². The van der Waals surface area contributed by atoms with Crippen LogP contribution in [0, 0.1) is 11.3 Å². The number of halogens is 2. The second-order valence-electron chi connectivity index (χ2n) is 5.41. The molecule has 26 heavy (non-hydrogen) atoms. The molecule has 0 aromatic heterocycles. The summed E-state index contributed by atoms with van der Waals surface area (Å²) in [5.41, 5.74) is 1.26. The van der Waals surface area contributed by atoms with Crippen molar-refractivity contribution in [1.82, 2.24) is 4.90 Å². The monoisotopic (exact) mass is 389 g/mol. The van der Waals surface area contributed by atoms with Gasteiger partial charge in [-0.05, 0) is 23.8 Å². The predicted molar refractivity (Wildman–Crippen MR) is 103 cm³/mol. The van der Waals surface area contributed by atoms with Gasteiger partial charge in [0.25, 0.3) is 5.91 Å². The first kappa shape index (κ1) is 19.8. The Morgan fingerprint density at radius 1 is 1.23 bits per heavy atom. The zero-order chi connectivity index (χ0) is 18.9. The van der Waals surface area contributed by atoms with Crippen LogP contribution in [0.1, 0.15) is 5.56 Å². The number of benzene rings is 2. The van der Waals surface area contributed by atoms with Crippen molar-refractivity contribution in [3.63, 3.8) is 0 Å². The third-order valence-corrected chi connectivity index (χ3v) is 4.02. The number of aliphatic hydroxyl groups excluding tert-OH is 1. The molecule has 1 amide bonds. The Balaban J connectivity index is 2.17. The van der Waals surface area contributed by atoms with Crippen molar-refractivity contribution in [2.45, 2.75) is 6.54 Å². The Morgan fingerprint density at radius 3 is 2.58 bits per heavy atom. The smallest absolute Gasteiger partial charge is 0.267 e. The molecule has 0 saturated heterocycles. The fourth-order valence-corrected chi connectivity index (χ4v) is 2.69. The van der Waals surface area contributed by atoms with Crippen LogP contribution in [0.25, 0.3) is 0 Å². The number of carbonyl (C=O) groups excluding carboxylic acids is 1. The second kappa shape index (κ2) is 9.83. The number of anilines is 1. The average Bonchev–Trinajstić information content (AvgIpc) is 2.63. The number of rotatable bonds is 7. The fourth-order valence-electron chi connectivity index (χ4n) is 2.24. The quantitative estimate of drug-likeness (QED) is 0.557. The van der Waals surface area contributed by atoms with Crippen molar-refractivity contribution >= 4 is 34.8 Å². The topological polar surface area (TPSA) is 76.4 Å². The van der Waals surface area contributed by atoms with Gasteiger partial charge in [0.05, 0.1) is 17.3 Å². The molecule has 2 rings (SSSR count). The predicted octanol–water partition coefficient (Wildman–Crippen LogP) is 3.83. The minimum Gasteiger partial charge on any atom is -0.395 e. The Labute approximate surface area is 162 Å². The summed E-state index contributed by atoms with van der Waals surface area (Å²) in [5, 5.41) is 21.9. The molecule has 0 bridgehead atoms. The van der Waals surface area contributed by atoms with Crippen molar-refractivity contribution in [3.05, 3.63) is 75.9 Å². The van der Waals surface area contributed by atoms with Gasteiger partial charge < -0.3 is 15.3 Å². The summed E-state index contributed by atoms with van der Waals surface area (Å²) in [6.07, 6.45) is 1.43. The largest absolute Gasteiger partial charge is 0.395 e. The van der Waals surface area contributed by atoms with Crippen molar-refractivity contribution in [2.75, 3.05) is 18.5 Å². The summed E-state index contributed by atoms with van der Waals surface area (Å²) in [7, 11) is 0. The van der Waals surface area contributed by atoms with Crippen LogP contribution in [0.2, 0.25) is 10.0 Å². The van der Waals surface area contributed by atoms with Gasteiger partial charge in [-0.3, -0.25) is 4.79 Å². The highest BCUT2D eigenvalue weighted by atomic mass is 35.5. The Morgan fingerprint density at radius 2 is 1.96 bits per heavy atom. The van der Waals surface area contributed by atoms with Gasteiger partial charge in [0.15, 0.2) is 0 Å². The van der Waals surface area contributed by atoms with Gasteiger partial charge in [0, 0.05) is 24.3 Å². The van der Waals surface area contributed by atoms with Crippen molar-refractivity contribution in [1.29, 1.82) is 5.26 Å². The van der Waals surface area contributed by atoms with E-state index in [0.29, 0.717) is 17.3 Å². The van der Waals surface area contributed by atoms with E-state index < -0.39 is 5.91 Å². The van der Waals surface area contributed by atoms with Crippen LogP contribution in [0.4, 0.5) is 5.69 Å². The van der Waals surface area contributed by atoms with Crippen LogP contribution in [0.5, 0.6) is 0 Å². The molecule has 0 atom stereocenters. The normalized spacial score (nSPS) is 10.9. The van der Waals surface area contributed by atoms with E-state index in [9.17, 15) is 15.2 Å². The number of hydrogen-bond acceptors (Lipinski definition) is 4. The molecule has 2 aromatic rings. The maximum atomic E-state index is 12.4. The van der Waals surface area contributed by atoms with Gasteiger partial charge >= 0.3 is 0 Å². The molecule has 0 unspecified atom stereocenters. The first-order valence-electron chi connectivity index (χ1n) is 7.80. The van der Waals surface area contributed by atoms with Crippen LogP contribution < -0.4 is 5.32 Å². The van der Waals surface area contributed by atoms with E-state index >= 15 is 0 Å². The minimum atomic E-state index is -0.590. The maximum absolute atomic E-state index is 12.4. The van der Waals surface area contributed by atoms with Crippen LogP contribution in [-0.2, 0) is 11.3 Å². The number of amides is 1. The molecule has 5 nitrogen and oxygen atoms in total. The standard InChI is InChI=1S/C19H17Cl2N3O2/c20-16-6-7-18(17(21)10-16)23-19(26)15(11-22)13-24(8-9-25)12-14-4-2-1-3-5-14/h1-7,10,13,25H,8-9,12H2,(H,23,26)/b15-13-. The molecule has 0 heterocycles. The molecule has 0 saturated carbocycles. The molecule has 2 N–H and O–H groups in total. The Bertz CT molecular complexity index is 832. The SMILES string of the molecule is N#C/C(=C/N(CCO)Cc1ccccc1)C(=O)Nc1ccc(Cl)cc1Cl. The zero-order valence-electron chi connectivity index (χ0n) is 13.8. The molecule has 0 aliphatic rings. The molecular weight excluding hydrogens is 373 g/mol. The van der Waals surface area contributed by atoms with Gasteiger partial charge in [0.1, 0.15) is 11.6 Å². The number of nitrogens with one attached hydrogen (secondary N) is 1. The first-order valence-corrected chi connectivity index (χ1v) is 8.56. The average molecular weight is 390 g/mol. The summed E-state index contributed by atoms with van der Waals surface area (Å²) in [6, 6.07) is 16.1. The number of aliphatic hydroxyl groups is 1. The molecular formula is C19H17Cl2N3O2. The first-order chi connectivity index (χ1) is 12.5. The van der Waals surface area contributed by atoms with E-state index in [1.54, 1.807) is 17.0 Å². The lowest BCUT2D eigenvalue weighted by molar-refractivity contribution is -0.112. The number of carbonyl (C=O) groups is 1. The highest BCUT2D eigenvalue weighted by Crippen LogP contribution is 2.25. The minimum absolute atomic E-state index is 0.0969. The number of nitrogens with zero attached hydrogens (tertiary/aromatic N) is 2. The van der Waals surface area contributed by atoms with E-state index in [4.69, 9.17) is 23.2 Å². The number of hydrogen-bond donors (Lipinski definition) is 2. The lowest BCUT2D eigenvalue weighted by Crippen LogP contribution is -2.24. The highest BCUT2D eigenvalue weighted by Gasteiger charge is 2.13. The zero-order valence-corrected chi connectivity index (χ0v) is 15.3. The lowest BCUT2D eigenvalue weighted by atomic mass is 10.2. The van der Waals surface area contributed by atoms with Crippen LogP contribution in [0.15, 0.2) is 60.3 Å².